The molecule has 2 rings (SSSR count). The van der Waals surface area contributed by atoms with Gasteiger partial charge in [-0.15, -0.1) is 11.8 Å². The molecule has 0 saturated carbocycles. The molecule has 0 bridgehead atoms. The van der Waals surface area contributed by atoms with Gasteiger partial charge in [0.2, 0.25) is 0 Å². The van der Waals surface area contributed by atoms with E-state index in [1.54, 1.807) is 24.3 Å². The number of halogens is 1. The predicted octanol–water partition coefficient (Wildman–Crippen LogP) is 3.64. The summed E-state index contributed by atoms with van der Waals surface area (Å²) in [7, 11) is 0. The molecule has 0 saturated heterocycles. The van der Waals surface area contributed by atoms with E-state index in [0.29, 0.717) is 0 Å². The molecule has 1 aromatic heterocycles. The van der Waals surface area contributed by atoms with Crippen molar-refractivity contribution in [3.63, 3.8) is 0 Å². The lowest BCUT2D eigenvalue weighted by atomic mass is 10.3. The van der Waals surface area contributed by atoms with Gasteiger partial charge in [-0.3, -0.25) is 0 Å². The first kappa shape index (κ1) is 10.6. The summed E-state index contributed by atoms with van der Waals surface area (Å²) in [5.41, 5.74) is 1.13. The van der Waals surface area contributed by atoms with E-state index >= 15 is 0 Å². The number of nitrogens with zero attached hydrogens (tertiary/aromatic N) is 2. The lowest BCUT2D eigenvalue weighted by Crippen LogP contribution is -1.92. The molecule has 0 N–H and O–H groups in total. The van der Waals surface area contributed by atoms with Crippen molar-refractivity contribution >= 4 is 23.4 Å². The van der Waals surface area contributed by atoms with Gasteiger partial charge in [-0.25, -0.2) is 4.98 Å². The second-order valence-corrected chi connectivity index (χ2v) is 4.76. The van der Waals surface area contributed by atoms with Crippen LogP contribution in [-0.4, -0.2) is 15.3 Å². The van der Waals surface area contributed by atoms with Crippen LogP contribution in [-0.2, 0) is 0 Å². The predicted molar refractivity (Wildman–Crippen MR) is 65.0 cm³/mol. The standard InChI is InChI=1S/C11H11ClN2S/c1-2-15-11-7-9(12)3-4-10(11)14-6-5-13-8-14/h3-8H,2H2,1H3. The van der Waals surface area contributed by atoms with Crippen LogP contribution in [0.25, 0.3) is 5.69 Å². The van der Waals surface area contributed by atoms with Crippen molar-refractivity contribution in [2.75, 3.05) is 5.75 Å². The Labute approximate surface area is 98.3 Å². The fraction of sp³-hybridized carbons (Fsp3) is 0.182. The summed E-state index contributed by atoms with van der Waals surface area (Å²) in [4.78, 5) is 5.23. The SMILES string of the molecule is CCSc1cc(Cl)ccc1-n1ccnc1. The molecule has 78 valence electrons. The van der Waals surface area contributed by atoms with E-state index in [1.165, 1.54) is 4.90 Å². The number of thioether (sulfide) groups is 1. The highest BCUT2D eigenvalue weighted by atomic mass is 35.5. The smallest absolute Gasteiger partial charge is 0.0992 e. The number of benzene rings is 1. The molecule has 0 radical (unpaired) electrons. The van der Waals surface area contributed by atoms with E-state index in [-0.39, 0.29) is 0 Å². The lowest BCUT2D eigenvalue weighted by molar-refractivity contribution is 1.02. The Morgan fingerprint density at radius 1 is 1.47 bits per heavy atom. The van der Waals surface area contributed by atoms with Crippen molar-refractivity contribution in [1.82, 2.24) is 9.55 Å². The van der Waals surface area contributed by atoms with Gasteiger partial charge in [-0.1, -0.05) is 18.5 Å². The van der Waals surface area contributed by atoms with E-state index in [2.05, 4.69) is 11.9 Å². The van der Waals surface area contributed by atoms with Crippen molar-refractivity contribution in [3.05, 3.63) is 41.9 Å². The zero-order chi connectivity index (χ0) is 10.7. The minimum atomic E-state index is 0.773. The molecule has 0 atom stereocenters. The number of imidazole rings is 1. The van der Waals surface area contributed by atoms with Crippen LogP contribution in [0.1, 0.15) is 6.92 Å². The van der Waals surface area contributed by atoms with Gasteiger partial charge in [0.05, 0.1) is 12.0 Å². The maximum Gasteiger partial charge on any atom is 0.0992 e. The van der Waals surface area contributed by atoms with Crippen LogP contribution >= 0.6 is 23.4 Å². The van der Waals surface area contributed by atoms with Crippen LogP contribution in [0.5, 0.6) is 0 Å². The lowest BCUT2D eigenvalue weighted by Gasteiger charge is -2.09. The molecular formula is C11H11ClN2S. The minimum absolute atomic E-state index is 0.773. The van der Waals surface area contributed by atoms with Gasteiger partial charge in [0.1, 0.15) is 0 Å². The Morgan fingerprint density at radius 2 is 2.33 bits per heavy atom. The molecule has 2 nitrogen and oxygen atoms in total. The molecule has 0 aliphatic carbocycles. The number of aromatic nitrogens is 2. The van der Waals surface area contributed by atoms with Gasteiger partial charge in [-0.05, 0) is 24.0 Å². The zero-order valence-corrected chi connectivity index (χ0v) is 9.92. The molecule has 0 aliphatic heterocycles. The van der Waals surface area contributed by atoms with Crippen LogP contribution in [0.2, 0.25) is 5.02 Å². The molecule has 1 aromatic carbocycles. The van der Waals surface area contributed by atoms with Crippen LogP contribution < -0.4 is 0 Å². The van der Waals surface area contributed by atoms with Crippen molar-refractivity contribution < 1.29 is 0 Å². The number of rotatable bonds is 3. The molecule has 0 aliphatic rings. The van der Waals surface area contributed by atoms with Gasteiger partial charge in [0.25, 0.3) is 0 Å². The molecular weight excluding hydrogens is 228 g/mol. The third-order valence-corrected chi connectivity index (χ3v) is 3.17. The van der Waals surface area contributed by atoms with Gasteiger partial charge in [0.15, 0.2) is 0 Å². The van der Waals surface area contributed by atoms with E-state index < -0.39 is 0 Å². The average Bonchev–Trinajstić information content (AvgIpc) is 2.71. The summed E-state index contributed by atoms with van der Waals surface area (Å²) in [6, 6.07) is 5.91. The second-order valence-electron chi connectivity index (χ2n) is 3.02. The summed E-state index contributed by atoms with van der Waals surface area (Å²) in [6.45, 7) is 2.13. The molecule has 0 amide bonds. The van der Waals surface area contributed by atoms with Crippen LogP contribution in [0, 0.1) is 0 Å². The quantitative estimate of drug-likeness (QED) is 0.760. The number of hydrogen-bond acceptors (Lipinski definition) is 2. The Hall–Kier alpha value is -0.930. The highest BCUT2D eigenvalue weighted by Crippen LogP contribution is 2.28. The molecule has 0 spiro atoms. The van der Waals surface area contributed by atoms with E-state index in [1.807, 2.05) is 29.0 Å². The topological polar surface area (TPSA) is 17.8 Å². The molecule has 4 heteroatoms. The van der Waals surface area contributed by atoms with Crippen LogP contribution in [0.4, 0.5) is 0 Å². The Balaban J connectivity index is 2.46. The molecule has 0 unspecified atom stereocenters. The maximum atomic E-state index is 5.98. The highest BCUT2D eigenvalue weighted by molar-refractivity contribution is 7.99. The average molecular weight is 239 g/mol. The van der Waals surface area contributed by atoms with E-state index in [0.717, 1.165) is 16.5 Å². The molecule has 2 aromatic rings. The molecule has 15 heavy (non-hydrogen) atoms. The Kier molecular flexibility index (Phi) is 3.34. The zero-order valence-electron chi connectivity index (χ0n) is 8.35. The summed E-state index contributed by atoms with van der Waals surface area (Å²) < 4.78 is 1.99. The Morgan fingerprint density at radius 3 is 3.00 bits per heavy atom. The van der Waals surface area contributed by atoms with Gasteiger partial charge >= 0.3 is 0 Å². The first-order valence-electron chi connectivity index (χ1n) is 4.72. The van der Waals surface area contributed by atoms with Gasteiger partial charge < -0.3 is 4.57 Å². The van der Waals surface area contributed by atoms with Crippen molar-refractivity contribution in [2.45, 2.75) is 11.8 Å². The van der Waals surface area contributed by atoms with Crippen molar-refractivity contribution in [2.24, 2.45) is 0 Å². The summed E-state index contributed by atoms with van der Waals surface area (Å²) in [6.07, 6.45) is 5.50. The van der Waals surface area contributed by atoms with Crippen LogP contribution in [0.15, 0.2) is 41.8 Å². The van der Waals surface area contributed by atoms with Crippen LogP contribution in [0.3, 0.4) is 0 Å². The van der Waals surface area contributed by atoms with Crippen molar-refractivity contribution in [3.8, 4) is 5.69 Å². The monoisotopic (exact) mass is 238 g/mol. The molecule has 0 fully saturated rings. The largest absolute Gasteiger partial charge is 0.305 e. The Bertz CT molecular complexity index is 440. The second kappa shape index (κ2) is 4.73. The highest BCUT2D eigenvalue weighted by Gasteiger charge is 2.04. The molecule has 1 heterocycles. The first-order chi connectivity index (χ1) is 7.31. The first-order valence-corrected chi connectivity index (χ1v) is 6.08. The summed E-state index contributed by atoms with van der Waals surface area (Å²) >= 11 is 7.76. The maximum absolute atomic E-state index is 5.98. The third-order valence-electron chi connectivity index (χ3n) is 2.00. The summed E-state index contributed by atoms with van der Waals surface area (Å²) in [5.74, 6) is 1.03. The van der Waals surface area contributed by atoms with E-state index in [4.69, 9.17) is 11.6 Å². The summed E-state index contributed by atoms with van der Waals surface area (Å²) in [5, 5.41) is 0.773. The fourth-order valence-corrected chi connectivity index (χ4v) is 2.45. The minimum Gasteiger partial charge on any atom is -0.305 e. The number of hydrogen-bond donors (Lipinski definition) is 0. The van der Waals surface area contributed by atoms with Crippen molar-refractivity contribution in [1.29, 1.82) is 0 Å². The fourth-order valence-electron chi connectivity index (χ4n) is 1.37. The van der Waals surface area contributed by atoms with Gasteiger partial charge in [-0.2, -0.15) is 0 Å². The normalized spacial score (nSPS) is 10.5. The third kappa shape index (κ3) is 2.36. The van der Waals surface area contributed by atoms with Gasteiger partial charge in [0, 0.05) is 22.3 Å². The van der Waals surface area contributed by atoms with E-state index in [9.17, 15) is 0 Å².